The Morgan fingerprint density at radius 1 is 1.12 bits per heavy atom. The zero-order valence-corrected chi connectivity index (χ0v) is 13.2. The van der Waals surface area contributed by atoms with Crippen LogP contribution in [0.1, 0.15) is 20.9 Å². The van der Waals surface area contributed by atoms with Crippen molar-refractivity contribution >= 4 is 17.6 Å². The number of methoxy groups -OCH3 is 1. The van der Waals surface area contributed by atoms with Crippen molar-refractivity contribution in [2.45, 2.75) is 0 Å². The number of aromatic nitrogens is 1. The minimum atomic E-state index is -0.513. The Kier molecular flexibility index (Phi) is 4.56. The topological polar surface area (TPSA) is 81.4 Å². The van der Waals surface area contributed by atoms with E-state index in [1.807, 2.05) is 0 Å². The maximum absolute atomic E-state index is 13.3. The van der Waals surface area contributed by atoms with Crippen LogP contribution in [0.15, 0.2) is 59.1 Å². The molecule has 0 fully saturated rings. The van der Waals surface area contributed by atoms with Gasteiger partial charge in [-0.05, 0) is 36.4 Å². The third kappa shape index (κ3) is 3.72. The van der Waals surface area contributed by atoms with Crippen molar-refractivity contribution in [3.05, 3.63) is 71.7 Å². The second-order valence-electron chi connectivity index (χ2n) is 5.11. The van der Waals surface area contributed by atoms with E-state index in [4.69, 9.17) is 4.52 Å². The highest BCUT2D eigenvalue weighted by Crippen LogP contribution is 2.20. The number of esters is 1. The molecule has 1 heterocycles. The van der Waals surface area contributed by atoms with Crippen LogP contribution >= 0.6 is 0 Å². The summed E-state index contributed by atoms with van der Waals surface area (Å²) in [6.07, 6.45) is 0. The average Bonchev–Trinajstić information content (AvgIpc) is 3.12. The molecule has 0 aliphatic heterocycles. The molecule has 126 valence electrons. The molecule has 0 saturated heterocycles. The summed E-state index contributed by atoms with van der Waals surface area (Å²) in [5.41, 5.74) is 1.70. The Bertz CT molecular complexity index is 919. The zero-order valence-electron chi connectivity index (χ0n) is 13.2. The van der Waals surface area contributed by atoms with Crippen LogP contribution in [0.2, 0.25) is 0 Å². The van der Waals surface area contributed by atoms with Crippen LogP contribution in [0.5, 0.6) is 0 Å². The molecule has 1 N–H and O–H groups in total. The number of benzene rings is 2. The second kappa shape index (κ2) is 6.96. The fourth-order valence-corrected chi connectivity index (χ4v) is 2.17. The average molecular weight is 340 g/mol. The normalized spacial score (nSPS) is 10.3. The van der Waals surface area contributed by atoms with Crippen molar-refractivity contribution in [2.24, 2.45) is 0 Å². The maximum atomic E-state index is 13.3. The number of nitrogens with zero attached hydrogens (tertiary/aromatic N) is 1. The molecule has 6 nitrogen and oxygen atoms in total. The minimum absolute atomic E-state index is 0.0173. The number of ether oxygens (including phenoxy) is 1. The predicted octanol–water partition coefficient (Wildman–Crippen LogP) is 3.52. The number of hydrogen-bond donors (Lipinski definition) is 1. The molecular weight excluding hydrogens is 327 g/mol. The first-order chi connectivity index (χ1) is 12.1. The van der Waals surface area contributed by atoms with Gasteiger partial charge in [0.25, 0.3) is 5.91 Å². The van der Waals surface area contributed by atoms with Crippen molar-refractivity contribution in [3.8, 4) is 11.3 Å². The zero-order chi connectivity index (χ0) is 17.8. The van der Waals surface area contributed by atoms with E-state index in [0.29, 0.717) is 22.5 Å². The number of halogens is 1. The molecule has 3 rings (SSSR count). The Morgan fingerprint density at radius 2 is 1.88 bits per heavy atom. The summed E-state index contributed by atoms with van der Waals surface area (Å²) >= 11 is 0. The number of rotatable bonds is 4. The highest BCUT2D eigenvalue weighted by atomic mass is 19.1. The second-order valence-corrected chi connectivity index (χ2v) is 5.11. The quantitative estimate of drug-likeness (QED) is 0.735. The van der Waals surface area contributed by atoms with Crippen molar-refractivity contribution in [3.63, 3.8) is 0 Å². The van der Waals surface area contributed by atoms with Gasteiger partial charge in [-0.25, -0.2) is 9.18 Å². The minimum Gasteiger partial charge on any atom is -0.465 e. The van der Waals surface area contributed by atoms with Gasteiger partial charge >= 0.3 is 5.97 Å². The maximum Gasteiger partial charge on any atom is 0.337 e. The van der Waals surface area contributed by atoms with Crippen LogP contribution in [-0.4, -0.2) is 24.1 Å². The summed E-state index contributed by atoms with van der Waals surface area (Å²) < 4.78 is 22.9. The third-order valence-corrected chi connectivity index (χ3v) is 3.42. The van der Waals surface area contributed by atoms with E-state index in [2.05, 4.69) is 15.2 Å². The Labute approximate surface area is 142 Å². The monoisotopic (exact) mass is 340 g/mol. The van der Waals surface area contributed by atoms with Crippen LogP contribution in [0.4, 0.5) is 10.1 Å². The lowest BCUT2D eigenvalue weighted by molar-refractivity contribution is 0.0600. The summed E-state index contributed by atoms with van der Waals surface area (Å²) in [4.78, 5) is 23.6. The molecule has 7 heteroatoms. The molecule has 0 radical (unpaired) electrons. The van der Waals surface area contributed by atoms with E-state index in [9.17, 15) is 14.0 Å². The van der Waals surface area contributed by atoms with Gasteiger partial charge in [0.1, 0.15) is 11.5 Å². The van der Waals surface area contributed by atoms with E-state index in [-0.39, 0.29) is 5.76 Å². The van der Waals surface area contributed by atoms with Crippen LogP contribution in [-0.2, 0) is 4.74 Å². The van der Waals surface area contributed by atoms with Gasteiger partial charge in [0.05, 0.1) is 12.7 Å². The Morgan fingerprint density at radius 3 is 2.56 bits per heavy atom. The standard InChI is InChI=1S/C18H13FN2O4/c1-24-18(23)11-5-7-14(8-6-11)20-17(22)16-10-15(21-25-16)12-3-2-4-13(19)9-12/h2-10H,1H3,(H,20,22). The van der Waals surface area contributed by atoms with Gasteiger partial charge in [-0.15, -0.1) is 0 Å². The van der Waals surface area contributed by atoms with E-state index in [1.54, 1.807) is 24.3 Å². The summed E-state index contributed by atoms with van der Waals surface area (Å²) in [7, 11) is 1.29. The van der Waals surface area contributed by atoms with Gasteiger partial charge in [0, 0.05) is 17.3 Å². The molecule has 0 aliphatic carbocycles. The number of anilines is 1. The lowest BCUT2D eigenvalue weighted by Crippen LogP contribution is -2.11. The smallest absolute Gasteiger partial charge is 0.337 e. The van der Waals surface area contributed by atoms with Crippen molar-refractivity contribution < 1.29 is 23.2 Å². The molecule has 1 aromatic heterocycles. The van der Waals surface area contributed by atoms with Gasteiger partial charge in [0.2, 0.25) is 5.76 Å². The highest BCUT2D eigenvalue weighted by Gasteiger charge is 2.15. The lowest BCUT2D eigenvalue weighted by Gasteiger charge is -2.03. The first-order valence-corrected chi connectivity index (χ1v) is 7.29. The van der Waals surface area contributed by atoms with E-state index >= 15 is 0 Å². The molecule has 0 atom stereocenters. The van der Waals surface area contributed by atoms with Crippen LogP contribution in [0, 0.1) is 5.82 Å². The number of hydrogen-bond acceptors (Lipinski definition) is 5. The molecule has 25 heavy (non-hydrogen) atoms. The summed E-state index contributed by atoms with van der Waals surface area (Å²) in [6.45, 7) is 0. The molecule has 1 amide bonds. The number of amides is 1. The third-order valence-electron chi connectivity index (χ3n) is 3.42. The van der Waals surface area contributed by atoms with Gasteiger partial charge < -0.3 is 14.6 Å². The van der Waals surface area contributed by atoms with Crippen molar-refractivity contribution in [1.29, 1.82) is 0 Å². The molecule has 0 saturated carbocycles. The molecule has 0 aliphatic rings. The number of carbonyl (C=O) groups excluding carboxylic acids is 2. The molecule has 3 aromatic rings. The van der Waals surface area contributed by atoms with Crippen LogP contribution < -0.4 is 5.32 Å². The van der Waals surface area contributed by atoms with Crippen molar-refractivity contribution in [1.82, 2.24) is 5.16 Å². The number of carbonyl (C=O) groups is 2. The van der Waals surface area contributed by atoms with E-state index in [0.717, 1.165) is 0 Å². The van der Waals surface area contributed by atoms with Gasteiger partial charge in [-0.2, -0.15) is 0 Å². The molecule has 2 aromatic carbocycles. The molecule has 0 unspecified atom stereocenters. The fourth-order valence-electron chi connectivity index (χ4n) is 2.17. The first-order valence-electron chi connectivity index (χ1n) is 7.29. The van der Waals surface area contributed by atoms with Gasteiger partial charge in [-0.1, -0.05) is 17.3 Å². The molecule has 0 spiro atoms. The Balaban J connectivity index is 1.73. The Hall–Kier alpha value is -3.48. The molecule has 0 bridgehead atoms. The van der Waals surface area contributed by atoms with E-state index < -0.39 is 17.7 Å². The highest BCUT2D eigenvalue weighted by molar-refractivity contribution is 6.03. The molecular formula is C18H13FN2O4. The summed E-state index contributed by atoms with van der Waals surface area (Å²) in [5.74, 6) is -1.40. The van der Waals surface area contributed by atoms with Gasteiger partial charge in [-0.3, -0.25) is 4.79 Å². The summed E-state index contributed by atoms with van der Waals surface area (Å²) in [6, 6.07) is 13.4. The van der Waals surface area contributed by atoms with Crippen LogP contribution in [0.25, 0.3) is 11.3 Å². The summed E-state index contributed by atoms with van der Waals surface area (Å²) in [5, 5.41) is 6.39. The largest absolute Gasteiger partial charge is 0.465 e. The van der Waals surface area contributed by atoms with Crippen LogP contribution in [0.3, 0.4) is 0 Å². The van der Waals surface area contributed by atoms with Crippen molar-refractivity contribution in [2.75, 3.05) is 12.4 Å². The van der Waals surface area contributed by atoms with Gasteiger partial charge in [0.15, 0.2) is 0 Å². The fraction of sp³-hybridized carbons (Fsp3) is 0.0556. The first kappa shape index (κ1) is 16.4. The lowest BCUT2D eigenvalue weighted by atomic mass is 10.1. The predicted molar refractivity (Wildman–Crippen MR) is 87.6 cm³/mol. The van der Waals surface area contributed by atoms with E-state index in [1.165, 1.54) is 37.4 Å². The SMILES string of the molecule is COC(=O)c1ccc(NC(=O)c2cc(-c3cccc(F)c3)no2)cc1. The number of nitrogens with one attached hydrogen (secondary N) is 1.